The van der Waals surface area contributed by atoms with E-state index < -0.39 is 0 Å². The summed E-state index contributed by atoms with van der Waals surface area (Å²) in [5.74, 6) is 1.58. The van der Waals surface area contributed by atoms with Crippen LogP contribution in [0.15, 0.2) is 77.3 Å². The van der Waals surface area contributed by atoms with Crippen molar-refractivity contribution in [1.29, 1.82) is 0 Å². The number of hydrogen-bond donors (Lipinski definition) is 1. The molecule has 1 atom stereocenters. The van der Waals surface area contributed by atoms with E-state index in [9.17, 15) is 4.79 Å². The van der Waals surface area contributed by atoms with Crippen molar-refractivity contribution >= 4 is 33.3 Å². The zero-order chi connectivity index (χ0) is 22.3. The van der Waals surface area contributed by atoms with Crippen LogP contribution in [-0.4, -0.2) is 24.7 Å². The molecule has 0 saturated heterocycles. The Kier molecular flexibility index (Phi) is 7.12. The van der Waals surface area contributed by atoms with E-state index in [0.29, 0.717) is 25.9 Å². The number of aromatic nitrogens is 1. The molecule has 4 rings (SSSR count). The molecular weight excluding hydrogens is 470 g/mol. The standard InChI is InChI=1S/C26H24BrNO4/c1-30-20-9-5-8-19(12-20)13-22(32-17-29)15-25-26(27)23-14-21(10-11-24(23)28-25)31-16-18-6-3-2-4-7-18/h2-12,14,17,22,28H,13,15-16H2,1H3. The molecule has 0 aliphatic carbocycles. The van der Waals surface area contributed by atoms with Gasteiger partial charge in [-0.15, -0.1) is 0 Å². The number of halogens is 1. The van der Waals surface area contributed by atoms with Gasteiger partial charge in [0.15, 0.2) is 0 Å². The van der Waals surface area contributed by atoms with Gasteiger partial charge in [0.2, 0.25) is 0 Å². The van der Waals surface area contributed by atoms with Crippen molar-refractivity contribution in [3.05, 3.63) is 94.1 Å². The molecule has 32 heavy (non-hydrogen) atoms. The highest BCUT2D eigenvalue weighted by molar-refractivity contribution is 9.10. The molecule has 0 radical (unpaired) electrons. The summed E-state index contributed by atoms with van der Waals surface area (Å²) >= 11 is 3.72. The van der Waals surface area contributed by atoms with Gasteiger partial charge in [0.05, 0.1) is 7.11 Å². The molecule has 0 aliphatic rings. The third kappa shape index (κ3) is 5.32. The Bertz CT molecular complexity index is 1190. The first kappa shape index (κ1) is 22.0. The van der Waals surface area contributed by atoms with E-state index in [1.807, 2.05) is 72.8 Å². The fraction of sp³-hybridized carbons (Fsp3) is 0.192. The van der Waals surface area contributed by atoms with Crippen LogP contribution in [-0.2, 0) is 29.0 Å². The maximum Gasteiger partial charge on any atom is 0.293 e. The quantitative estimate of drug-likeness (QED) is 0.281. The van der Waals surface area contributed by atoms with Gasteiger partial charge >= 0.3 is 0 Å². The second kappa shape index (κ2) is 10.4. The number of H-pyrrole nitrogens is 1. The lowest BCUT2D eigenvalue weighted by Gasteiger charge is -2.15. The van der Waals surface area contributed by atoms with Gasteiger partial charge in [0.25, 0.3) is 6.47 Å². The number of aromatic amines is 1. The van der Waals surface area contributed by atoms with Crippen LogP contribution in [0.5, 0.6) is 11.5 Å². The van der Waals surface area contributed by atoms with E-state index in [1.54, 1.807) is 7.11 Å². The van der Waals surface area contributed by atoms with Gasteiger partial charge in [-0.3, -0.25) is 4.79 Å². The van der Waals surface area contributed by atoms with Crippen LogP contribution in [0.25, 0.3) is 10.9 Å². The Morgan fingerprint density at radius 1 is 0.938 bits per heavy atom. The molecule has 0 bridgehead atoms. The molecule has 4 aromatic rings. The van der Waals surface area contributed by atoms with Crippen molar-refractivity contribution in [3.8, 4) is 11.5 Å². The number of methoxy groups -OCH3 is 1. The predicted octanol–water partition coefficient (Wildman–Crippen LogP) is 5.84. The average molecular weight is 494 g/mol. The van der Waals surface area contributed by atoms with Crippen molar-refractivity contribution < 1.29 is 19.0 Å². The second-order valence-electron chi connectivity index (χ2n) is 7.51. The number of carbonyl (C=O) groups is 1. The van der Waals surface area contributed by atoms with Crippen LogP contribution in [0.1, 0.15) is 16.8 Å². The molecule has 0 saturated carbocycles. The van der Waals surface area contributed by atoms with Crippen LogP contribution in [0.2, 0.25) is 0 Å². The third-order valence-electron chi connectivity index (χ3n) is 5.30. The predicted molar refractivity (Wildman–Crippen MR) is 128 cm³/mol. The molecule has 1 heterocycles. The summed E-state index contributed by atoms with van der Waals surface area (Å²) in [6.07, 6.45) is 0.826. The van der Waals surface area contributed by atoms with E-state index in [1.165, 1.54) is 0 Å². The lowest BCUT2D eigenvalue weighted by Crippen LogP contribution is -2.19. The minimum Gasteiger partial charge on any atom is -0.497 e. The molecule has 0 aliphatic heterocycles. The highest BCUT2D eigenvalue weighted by Gasteiger charge is 2.18. The van der Waals surface area contributed by atoms with Crippen molar-refractivity contribution in [3.63, 3.8) is 0 Å². The zero-order valence-electron chi connectivity index (χ0n) is 17.7. The van der Waals surface area contributed by atoms with Gasteiger partial charge < -0.3 is 19.2 Å². The Morgan fingerprint density at radius 2 is 1.75 bits per heavy atom. The van der Waals surface area contributed by atoms with Crippen LogP contribution in [0.4, 0.5) is 0 Å². The summed E-state index contributed by atoms with van der Waals surface area (Å²) in [5.41, 5.74) is 4.12. The number of nitrogens with one attached hydrogen (secondary N) is 1. The molecular formula is C26H24BrNO4. The minimum atomic E-state index is -0.308. The van der Waals surface area contributed by atoms with Crippen LogP contribution >= 0.6 is 15.9 Å². The second-order valence-corrected chi connectivity index (χ2v) is 8.31. The summed E-state index contributed by atoms with van der Waals surface area (Å²) in [7, 11) is 1.64. The molecule has 1 N–H and O–H groups in total. The molecule has 3 aromatic carbocycles. The van der Waals surface area contributed by atoms with Gasteiger partial charge in [0.1, 0.15) is 24.2 Å². The smallest absolute Gasteiger partial charge is 0.293 e. The molecule has 6 heteroatoms. The summed E-state index contributed by atoms with van der Waals surface area (Å²) in [6.45, 7) is 1.02. The monoisotopic (exact) mass is 493 g/mol. The lowest BCUT2D eigenvalue weighted by molar-refractivity contribution is -0.133. The zero-order valence-corrected chi connectivity index (χ0v) is 19.3. The molecule has 1 aromatic heterocycles. The summed E-state index contributed by atoms with van der Waals surface area (Å²) in [5, 5.41) is 1.02. The van der Waals surface area contributed by atoms with Gasteiger partial charge in [-0.1, -0.05) is 42.5 Å². The largest absolute Gasteiger partial charge is 0.497 e. The maximum atomic E-state index is 11.1. The van der Waals surface area contributed by atoms with Gasteiger partial charge in [-0.25, -0.2) is 0 Å². The fourth-order valence-electron chi connectivity index (χ4n) is 3.70. The molecule has 164 valence electrons. The SMILES string of the molecule is COc1cccc(CC(Cc2[nH]c3ccc(OCc4ccccc4)cc3c2Br)OC=O)c1. The van der Waals surface area contributed by atoms with Gasteiger partial charge in [0, 0.05) is 33.9 Å². The topological polar surface area (TPSA) is 60.6 Å². The summed E-state index contributed by atoms with van der Waals surface area (Å²) in [4.78, 5) is 14.6. The Labute approximate surface area is 195 Å². The van der Waals surface area contributed by atoms with E-state index in [4.69, 9.17) is 14.2 Å². The van der Waals surface area contributed by atoms with E-state index in [2.05, 4.69) is 20.9 Å². The van der Waals surface area contributed by atoms with E-state index in [0.717, 1.165) is 43.7 Å². The van der Waals surface area contributed by atoms with Crippen molar-refractivity contribution in [1.82, 2.24) is 4.98 Å². The highest BCUT2D eigenvalue weighted by Crippen LogP contribution is 2.32. The molecule has 0 spiro atoms. The number of benzene rings is 3. The number of fused-ring (bicyclic) bond motifs is 1. The highest BCUT2D eigenvalue weighted by atomic mass is 79.9. The van der Waals surface area contributed by atoms with Crippen LogP contribution < -0.4 is 9.47 Å². The maximum absolute atomic E-state index is 11.1. The van der Waals surface area contributed by atoms with Crippen molar-refractivity contribution in [2.45, 2.75) is 25.6 Å². The first-order valence-electron chi connectivity index (χ1n) is 10.3. The Morgan fingerprint density at radius 3 is 2.53 bits per heavy atom. The van der Waals surface area contributed by atoms with Gasteiger partial charge in [-0.05, 0) is 57.4 Å². The van der Waals surface area contributed by atoms with Crippen molar-refractivity contribution in [2.24, 2.45) is 0 Å². The lowest BCUT2D eigenvalue weighted by atomic mass is 10.0. The van der Waals surface area contributed by atoms with Crippen LogP contribution in [0, 0.1) is 0 Å². The molecule has 0 fully saturated rings. The van der Waals surface area contributed by atoms with Crippen molar-refractivity contribution in [2.75, 3.05) is 7.11 Å². The minimum absolute atomic E-state index is 0.308. The summed E-state index contributed by atoms with van der Waals surface area (Å²) in [6, 6.07) is 23.8. The normalized spacial score (nSPS) is 11.8. The summed E-state index contributed by atoms with van der Waals surface area (Å²) < 4.78 is 17.6. The fourth-order valence-corrected chi connectivity index (χ4v) is 4.29. The third-order valence-corrected chi connectivity index (χ3v) is 6.21. The van der Waals surface area contributed by atoms with E-state index in [-0.39, 0.29) is 6.10 Å². The molecule has 1 unspecified atom stereocenters. The molecule has 0 amide bonds. The average Bonchev–Trinajstić information content (AvgIpc) is 3.13. The van der Waals surface area contributed by atoms with Gasteiger partial charge in [-0.2, -0.15) is 0 Å². The number of ether oxygens (including phenoxy) is 3. The number of hydrogen-bond acceptors (Lipinski definition) is 4. The first-order valence-corrected chi connectivity index (χ1v) is 11.1. The number of rotatable bonds is 10. The number of carbonyl (C=O) groups excluding carboxylic acids is 1. The Hall–Kier alpha value is -3.25. The van der Waals surface area contributed by atoms with Crippen LogP contribution in [0.3, 0.4) is 0 Å². The first-order chi connectivity index (χ1) is 15.7. The van der Waals surface area contributed by atoms with E-state index >= 15 is 0 Å². The Balaban J connectivity index is 1.50. The molecule has 5 nitrogen and oxygen atoms in total.